The van der Waals surface area contributed by atoms with Crippen molar-refractivity contribution < 1.29 is 30.0 Å². The molecular formula is C12H8F2I+. The van der Waals surface area contributed by atoms with Crippen molar-refractivity contribution in [3.63, 3.8) is 0 Å². The molecule has 2 rings (SSSR count). The van der Waals surface area contributed by atoms with Gasteiger partial charge in [-0.05, 0) is 24.3 Å². The maximum Gasteiger partial charge on any atom is 0.358 e. The minimum Gasteiger partial charge on any atom is -0.207 e. The van der Waals surface area contributed by atoms with Crippen LogP contribution in [0.25, 0.3) is 0 Å². The second kappa shape index (κ2) is 4.70. The van der Waals surface area contributed by atoms with Crippen molar-refractivity contribution in [1.29, 1.82) is 0 Å². The van der Waals surface area contributed by atoms with Crippen molar-refractivity contribution in [3.05, 3.63) is 67.3 Å². The molecule has 0 fully saturated rings. The van der Waals surface area contributed by atoms with Gasteiger partial charge >= 0.3 is 21.2 Å². The molecule has 0 saturated carbocycles. The molecular weight excluding hydrogens is 309 g/mol. The van der Waals surface area contributed by atoms with Gasteiger partial charge in [-0.1, -0.05) is 12.1 Å². The van der Waals surface area contributed by atoms with Gasteiger partial charge in [0.2, 0.25) is 0 Å². The highest BCUT2D eigenvalue weighted by Crippen LogP contribution is 1.95. The van der Waals surface area contributed by atoms with E-state index in [2.05, 4.69) is 0 Å². The van der Waals surface area contributed by atoms with E-state index < -0.39 is 21.2 Å². The summed E-state index contributed by atoms with van der Waals surface area (Å²) in [6.45, 7) is 0. The van der Waals surface area contributed by atoms with Gasteiger partial charge in [-0.2, -0.15) is 0 Å². The molecule has 76 valence electrons. The summed E-state index contributed by atoms with van der Waals surface area (Å²) < 4.78 is 27.7. The van der Waals surface area contributed by atoms with Gasteiger partial charge in [0.15, 0.2) is 7.14 Å². The highest BCUT2D eigenvalue weighted by Gasteiger charge is 2.16. The molecule has 0 heterocycles. The summed E-state index contributed by atoms with van der Waals surface area (Å²) in [5.74, 6) is -0.466. The fourth-order valence-electron chi connectivity index (χ4n) is 1.16. The Morgan fingerprint density at radius 3 is 1.60 bits per heavy atom. The molecule has 0 N–H and O–H groups in total. The normalized spacial score (nSPS) is 10.3. The van der Waals surface area contributed by atoms with Crippen LogP contribution in [-0.2, 0) is 0 Å². The van der Waals surface area contributed by atoms with Crippen LogP contribution in [0, 0.1) is 18.8 Å². The lowest BCUT2D eigenvalue weighted by Crippen LogP contribution is -3.61. The molecule has 0 radical (unpaired) electrons. The molecule has 0 spiro atoms. The Labute approximate surface area is 97.2 Å². The average molecular weight is 317 g/mol. The zero-order valence-corrected chi connectivity index (χ0v) is 9.91. The molecule has 0 aliphatic carbocycles. The van der Waals surface area contributed by atoms with Crippen LogP contribution in [0.4, 0.5) is 8.78 Å². The van der Waals surface area contributed by atoms with Crippen LogP contribution in [0.3, 0.4) is 0 Å². The van der Waals surface area contributed by atoms with Gasteiger partial charge in [-0.15, -0.1) is 0 Å². The number of halogens is 3. The molecule has 0 unspecified atom stereocenters. The first-order valence-corrected chi connectivity index (χ1v) is 6.56. The first kappa shape index (κ1) is 10.5. The Bertz CT molecular complexity index is 425. The Morgan fingerprint density at radius 2 is 1.20 bits per heavy atom. The van der Waals surface area contributed by atoms with E-state index in [0.717, 1.165) is 7.14 Å². The summed E-state index contributed by atoms with van der Waals surface area (Å²) in [7, 11) is 0. The van der Waals surface area contributed by atoms with Gasteiger partial charge < -0.3 is 0 Å². The average Bonchev–Trinajstić information content (AvgIpc) is 2.17. The number of hydrogen-bond donors (Lipinski definition) is 0. The minimum atomic E-state index is -0.485. The molecule has 0 aliphatic heterocycles. The summed E-state index contributed by atoms with van der Waals surface area (Å²) in [5, 5.41) is 0. The van der Waals surface area contributed by atoms with E-state index >= 15 is 0 Å². The Kier molecular flexibility index (Phi) is 3.30. The van der Waals surface area contributed by atoms with E-state index in [9.17, 15) is 8.78 Å². The highest BCUT2D eigenvalue weighted by molar-refractivity contribution is 5.05. The molecule has 0 aromatic heterocycles. The van der Waals surface area contributed by atoms with Crippen molar-refractivity contribution in [2.24, 2.45) is 0 Å². The number of hydrogen-bond acceptors (Lipinski definition) is 0. The zero-order valence-electron chi connectivity index (χ0n) is 7.75. The van der Waals surface area contributed by atoms with E-state index in [-0.39, 0.29) is 11.6 Å². The third kappa shape index (κ3) is 2.99. The van der Waals surface area contributed by atoms with E-state index in [1.165, 1.54) is 24.3 Å². The lowest BCUT2D eigenvalue weighted by molar-refractivity contribution is -0.597. The molecule has 2 aromatic rings. The van der Waals surface area contributed by atoms with Crippen LogP contribution in [0.15, 0.2) is 48.5 Å². The number of rotatable bonds is 2. The minimum absolute atomic E-state index is 0.233. The van der Waals surface area contributed by atoms with E-state index in [1.54, 1.807) is 12.1 Å². The summed E-state index contributed by atoms with van der Waals surface area (Å²) in [6.07, 6.45) is 0. The maximum atomic E-state index is 12.9. The molecule has 2 aromatic carbocycles. The van der Waals surface area contributed by atoms with Gasteiger partial charge in [0.25, 0.3) is 0 Å². The van der Waals surface area contributed by atoms with Crippen molar-refractivity contribution >= 4 is 0 Å². The summed E-state index contributed by atoms with van der Waals surface area (Å²) in [4.78, 5) is 0. The second-order valence-electron chi connectivity index (χ2n) is 2.97. The van der Waals surface area contributed by atoms with Gasteiger partial charge in [-0.3, -0.25) is 0 Å². The molecule has 0 atom stereocenters. The summed E-state index contributed by atoms with van der Waals surface area (Å²) >= 11 is -0.485. The van der Waals surface area contributed by atoms with E-state index in [4.69, 9.17) is 0 Å². The van der Waals surface area contributed by atoms with Crippen molar-refractivity contribution in [3.8, 4) is 0 Å². The first-order valence-electron chi connectivity index (χ1n) is 4.40. The van der Waals surface area contributed by atoms with Gasteiger partial charge in [-0.25, -0.2) is 8.78 Å². The fourth-order valence-corrected chi connectivity index (χ4v) is 3.56. The Morgan fingerprint density at radius 1 is 0.733 bits per heavy atom. The summed E-state index contributed by atoms with van der Waals surface area (Å²) in [6, 6.07) is 13.0. The maximum absolute atomic E-state index is 12.9. The topological polar surface area (TPSA) is 0 Å². The zero-order chi connectivity index (χ0) is 10.7. The Balaban J connectivity index is 2.22. The first-order chi connectivity index (χ1) is 7.24. The van der Waals surface area contributed by atoms with Crippen LogP contribution in [0.1, 0.15) is 0 Å². The second-order valence-corrected chi connectivity index (χ2v) is 6.00. The third-order valence-corrected chi connectivity index (χ3v) is 4.38. The molecule has 0 amide bonds. The van der Waals surface area contributed by atoms with Crippen LogP contribution in [0.2, 0.25) is 0 Å². The van der Waals surface area contributed by atoms with E-state index in [1.807, 2.05) is 12.1 Å². The summed E-state index contributed by atoms with van der Waals surface area (Å²) in [5.41, 5.74) is 0. The lowest BCUT2D eigenvalue weighted by atomic mass is 10.4. The van der Waals surface area contributed by atoms with Crippen LogP contribution < -0.4 is 21.2 Å². The van der Waals surface area contributed by atoms with Crippen LogP contribution >= 0.6 is 0 Å². The van der Waals surface area contributed by atoms with Gasteiger partial charge in [0.05, 0.1) is 0 Å². The van der Waals surface area contributed by atoms with Crippen LogP contribution in [0.5, 0.6) is 0 Å². The molecule has 3 heteroatoms. The highest BCUT2D eigenvalue weighted by atomic mass is 127. The van der Waals surface area contributed by atoms with E-state index in [0.29, 0.717) is 0 Å². The number of benzene rings is 2. The van der Waals surface area contributed by atoms with Crippen LogP contribution in [-0.4, -0.2) is 0 Å². The van der Waals surface area contributed by atoms with Gasteiger partial charge in [0.1, 0.15) is 11.6 Å². The van der Waals surface area contributed by atoms with Crippen molar-refractivity contribution in [2.75, 3.05) is 0 Å². The fraction of sp³-hybridized carbons (Fsp3) is 0. The third-order valence-electron chi connectivity index (χ3n) is 1.79. The Hall–Kier alpha value is -0.970. The molecule has 0 aliphatic rings. The smallest absolute Gasteiger partial charge is 0.207 e. The quantitative estimate of drug-likeness (QED) is 0.689. The predicted molar refractivity (Wildman–Crippen MR) is 50.2 cm³/mol. The lowest BCUT2D eigenvalue weighted by Gasteiger charge is -1.88. The van der Waals surface area contributed by atoms with Crippen molar-refractivity contribution in [1.82, 2.24) is 0 Å². The molecule has 0 nitrogen and oxygen atoms in total. The van der Waals surface area contributed by atoms with Crippen molar-refractivity contribution in [2.45, 2.75) is 0 Å². The molecule has 0 saturated heterocycles. The van der Waals surface area contributed by atoms with Gasteiger partial charge in [0, 0.05) is 12.1 Å². The molecule has 0 bridgehead atoms. The SMILES string of the molecule is Fc1cccc([I+]c2cccc(F)c2)c1. The predicted octanol–water partition coefficient (Wildman–Crippen LogP) is 0.0932. The standard InChI is InChI=1S/C12H8F2I/c13-9-3-1-5-11(7-9)15-12-6-2-4-10(14)8-12/h1-8H/q+1. The largest absolute Gasteiger partial charge is 0.358 e. The monoisotopic (exact) mass is 317 g/mol. The molecule has 15 heavy (non-hydrogen) atoms.